The lowest BCUT2D eigenvalue weighted by Crippen LogP contribution is -2.47. The number of hydrogen-bond donors (Lipinski definition) is 1. The molecule has 4 heterocycles. The Balaban J connectivity index is 1.55. The van der Waals surface area contributed by atoms with Gasteiger partial charge in [0.2, 0.25) is 11.8 Å². The SMILES string of the molecule is Cc1csc([C@H]2CCCN2C(=O)c2cc(OS(=O)(=O)C(F)(F)F)nc(-c3nnc([C@@](C)(Cc4ccccc4)NC(=O)OC(C)(C)C)o3)c2)n1. The standard InChI is InChI=1S/C31H33F3N6O7S2/c1-18-17-48-25(35-18)22-12-9-13-40(22)26(41)20-14-21(36-23(15-20)47-49(43,44)31(32,33)34)24-38-39-27(45-24)30(5,16-19-10-7-6-8-11-19)37-28(42)46-29(2,3)4/h6-8,10-11,14-15,17,22H,9,12-13,16H2,1-5H3,(H,37,42)/t22-,30-/m1/s1. The number of thiazole rings is 1. The number of rotatable bonds is 9. The van der Waals surface area contributed by atoms with Gasteiger partial charge in [0.25, 0.3) is 11.8 Å². The second kappa shape index (κ2) is 13.4. The van der Waals surface area contributed by atoms with Gasteiger partial charge in [0.15, 0.2) is 0 Å². The number of carbonyl (C=O) groups is 2. The number of nitrogens with one attached hydrogen (secondary N) is 1. The number of alkyl carbamates (subject to hydrolysis) is 1. The van der Waals surface area contributed by atoms with Crippen LogP contribution >= 0.6 is 11.3 Å². The van der Waals surface area contributed by atoms with E-state index in [0.29, 0.717) is 24.4 Å². The van der Waals surface area contributed by atoms with Gasteiger partial charge in [-0.2, -0.15) is 21.6 Å². The van der Waals surface area contributed by atoms with Gasteiger partial charge in [0.1, 0.15) is 21.8 Å². The fourth-order valence-corrected chi connectivity index (χ4v) is 6.50. The molecule has 0 unspecified atom stereocenters. The predicted molar refractivity (Wildman–Crippen MR) is 170 cm³/mol. The van der Waals surface area contributed by atoms with Gasteiger partial charge < -0.3 is 23.6 Å². The highest BCUT2D eigenvalue weighted by atomic mass is 32.2. The fourth-order valence-electron chi connectivity index (χ4n) is 5.15. The third kappa shape index (κ3) is 8.36. The maximum atomic E-state index is 13.9. The van der Waals surface area contributed by atoms with E-state index in [9.17, 15) is 31.2 Å². The van der Waals surface area contributed by atoms with Crippen molar-refractivity contribution in [2.75, 3.05) is 6.54 Å². The van der Waals surface area contributed by atoms with E-state index in [1.807, 2.05) is 30.5 Å². The van der Waals surface area contributed by atoms with Crippen LogP contribution in [0.4, 0.5) is 18.0 Å². The Bertz CT molecular complexity index is 1940. The third-order valence-electron chi connectivity index (χ3n) is 7.26. The number of ether oxygens (including phenoxy) is 1. The Morgan fingerprint density at radius 3 is 2.43 bits per heavy atom. The van der Waals surface area contributed by atoms with Crippen molar-refractivity contribution < 1.29 is 44.5 Å². The molecular formula is C31H33F3N6O7S2. The smallest absolute Gasteiger partial charge is 0.444 e. The molecule has 1 fully saturated rings. The molecule has 0 spiro atoms. The lowest BCUT2D eigenvalue weighted by atomic mass is 9.92. The van der Waals surface area contributed by atoms with Crippen molar-refractivity contribution in [1.82, 2.24) is 30.4 Å². The van der Waals surface area contributed by atoms with Crippen molar-refractivity contribution in [3.05, 3.63) is 75.6 Å². The molecule has 0 radical (unpaired) electrons. The molecular weight excluding hydrogens is 690 g/mol. The summed E-state index contributed by atoms with van der Waals surface area (Å²) in [6.45, 7) is 8.79. The monoisotopic (exact) mass is 722 g/mol. The zero-order valence-corrected chi connectivity index (χ0v) is 28.7. The second-order valence-electron chi connectivity index (χ2n) is 12.6. The zero-order valence-electron chi connectivity index (χ0n) is 27.1. The number of hydrogen-bond acceptors (Lipinski definition) is 12. The Morgan fingerprint density at radius 2 is 1.80 bits per heavy atom. The molecule has 1 aliphatic rings. The molecule has 1 aromatic carbocycles. The van der Waals surface area contributed by atoms with Gasteiger partial charge in [0, 0.05) is 35.7 Å². The summed E-state index contributed by atoms with van der Waals surface area (Å²) < 4.78 is 79.5. The molecule has 5 rings (SSSR count). The van der Waals surface area contributed by atoms with E-state index in [4.69, 9.17) is 9.15 Å². The fraction of sp³-hybridized carbons (Fsp3) is 0.419. The zero-order chi connectivity index (χ0) is 35.8. The quantitative estimate of drug-likeness (QED) is 0.157. The number of aromatic nitrogens is 4. The number of aryl methyl sites for hydroxylation is 1. The first-order valence-electron chi connectivity index (χ1n) is 15.0. The van der Waals surface area contributed by atoms with Gasteiger partial charge in [-0.3, -0.25) is 4.79 Å². The van der Waals surface area contributed by atoms with Crippen molar-refractivity contribution in [1.29, 1.82) is 0 Å². The number of nitrogens with zero attached hydrogens (tertiary/aromatic N) is 5. The molecule has 0 saturated carbocycles. The van der Waals surface area contributed by atoms with E-state index in [1.165, 1.54) is 22.3 Å². The third-order valence-corrected chi connectivity index (χ3v) is 9.28. The maximum Gasteiger partial charge on any atom is 0.534 e. The highest BCUT2D eigenvalue weighted by molar-refractivity contribution is 7.87. The van der Waals surface area contributed by atoms with Crippen LogP contribution in [0.2, 0.25) is 0 Å². The van der Waals surface area contributed by atoms with Gasteiger partial charge in [-0.05, 0) is 59.1 Å². The highest BCUT2D eigenvalue weighted by Gasteiger charge is 2.49. The summed E-state index contributed by atoms with van der Waals surface area (Å²) in [4.78, 5) is 36.6. The lowest BCUT2D eigenvalue weighted by Gasteiger charge is -2.29. The largest absolute Gasteiger partial charge is 0.534 e. The first kappa shape index (κ1) is 35.7. The lowest BCUT2D eigenvalue weighted by molar-refractivity contribution is -0.0501. The molecule has 0 aliphatic carbocycles. The molecule has 2 amide bonds. The molecule has 262 valence electrons. The van der Waals surface area contributed by atoms with Crippen LogP contribution in [0.3, 0.4) is 0 Å². The molecule has 3 aromatic heterocycles. The number of pyridine rings is 1. The van der Waals surface area contributed by atoms with Crippen LogP contribution in [0.25, 0.3) is 11.6 Å². The minimum atomic E-state index is -6.17. The first-order valence-corrected chi connectivity index (χ1v) is 17.3. The van der Waals surface area contributed by atoms with Crippen molar-refractivity contribution in [3.8, 4) is 17.5 Å². The van der Waals surface area contributed by atoms with Crippen molar-refractivity contribution in [2.45, 2.75) is 76.6 Å². The number of alkyl halides is 3. The molecule has 18 heteroatoms. The number of benzene rings is 1. The topological polar surface area (TPSA) is 167 Å². The van der Waals surface area contributed by atoms with Crippen molar-refractivity contribution in [2.24, 2.45) is 0 Å². The Labute approximate surface area is 284 Å². The van der Waals surface area contributed by atoms with Crippen molar-refractivity contribution >= 4 is 33.5 Å². The average Bonchev–Trinajstić information content (AvgIpc) is 3.76. The summed E-state index contributed by atoms with van der Waals surface area (Å²) in [7, 11) is -6.17. The van der Waals surface area contributed by atoms with E-state index in [0.717, 1.165) is 17.3 Å². The molecule has 1 N–H and O–H groups in total. The molecule has 4 aromatic rings. The molecule has 0 bridgehead atoms. The summed E-state index contributed by atoms with van der Waals surface area (Å²) in [6, 6.07) is 10.6. The molecule has 49 heavy (non-hydrogen) atoms. The van der Waals surface area contributed by atoms with Gasteiger partial charge >= 0.3 is 21.7 Å². The Morgan fingerprint density at radius 1 is 1.08 bits per heavy atom. The van der Waals surface area contributed by atoms with Crippen LogP contribution in [0.5, 0.6) is 5.88 Å². The highest BCUT2D eigenvalue weighted by Crippen LogP contribution is 2.36. The second-order valence-corrected chi connectivity index (χ2v) is 15.0. The van der Waals surface area contributed by atoms with E-state index in [2.05, 4.69) is 29.7 Å². The summed E-state index contributed by atoms with van der Waals surface area (Å²) in [6.07, 6.45) is 0.585. The van der Waals surface area contributed by atoms with Gasteiger partial charge in [-0.25, -0.2) is 14.8 Å². The Hall–Kier alpha value is -4.58. The van der Waals surface area contributed by atoms with E-state index >= 15 is 0 Å². The summed E-state index contributed by atoms with van der Waals surface area (Å²) >= 11 is 1.37. The predicted octanol–water partition coefficient (Wildman–Crippen LogP) is 6.08. The van der Waals surface area contributed by atoms with Crippen LogP contribution in [0.15, 0.2) is 52.3 Å². The number of halogens is 3. The minimum absolute atomic E-state index is 0.139. The number of amides is 2. The van der Waals surface area contributed by atoms with E-state index < -0.39 is 56.6 Å². The number of carbonyl (C=O) groups excluding carboxylic acids is 2. The summed E-state index contributed by atoms with van der Waals surface area (Å²) in [5.74, 6) is -2.20. The van der Waals surface area contributed by atoms with E-state index in [1.54, 1.807) is 39.8 Å². The molecule has 1 aliphatic heterocycles. The maximum absolute atomic E-state index is 13.9. The average molecular weight is 723 g/mol. The van der Waals surface area contributed by atoms with Gasteiger partial charge in [-0.1, -0.05) is 30.3 Å². The van der Waals surface area contributed by atoms with Gasteiger partial charge in [-0.15, -0.1) is 21.5 Å². The van der Waals surface area contributed by atoms with Crippen LogP contribution in [-0.2, 0) is 26.8 Å². The van der Waals surface area contributed by atoms with Crippen LogP contribution in [0, 0.1) is 6.92 Å². The van der Waals surface area contributed by atoms with Gasteiger partial charge in [0.05, 0.1) is 6.04 Å². The molecule has 2 atom stereocenters. The van der Waals surface area contributed by atoms with Crippen LogP contribution < -0.4 is 9.50 Å². The summed E-state index contributed by atoms with van der Waals surface area (Å²) in [5, 5.41) is 13.4. The normalized spacial score (nSPS) is 16.7. The minimum Gasteiger partial charge on any atom is -0.444 e. The Kier molecular flexibility index (Phi) is 9.75. The number of likely N-dealkylation sites (tertiary alicyclic amines) is 1. The first-order chi connectivity index (χ1) is 22.8. The summed E-state index contributed by atoms with van der Waals surface area (Å²) in [5.41, 5.74) is -7.04. The van der Waals surface area contributed by atoms with Crippen LogP contribution in [-0.4, -0.2) is 63.1 Å². The van der Waals surface area contributed by atoms with Crippen molar-refractivity contribution in [3.63, 3.8) is 0 Å². The molecule has 13 nitrogen and oxygen atoms in total. The van der Waals surface area contributed by atoms with E-state index in [-0.39, 0.29) is 23.6 Å². The van der Waals surface area contributed by atoms with Crippen LogP contribution in [0.1, 0.15) is 79.1 Å². The molecule has 1 saturated heterocycles.